The molecular weight excluding hydrogens is 266 g/mol. The third kappa shape index (κ3) is 3.18. The lowest BCUT2D eigenvalue weighted by atomic mass is 9.97. The van der Waals surface area contributed by atoms with Gasteiger partial charge in [0.05, 0.1) is 5.69 Å². The molecule has 0 radical (unpaired) electrons. The number of nitrogens with one attached hydrogen (secondary N) is 1. The summed E-state index contributed by atoms with van der Waals surface area (Å²) in [7, 11) is 0. The fraction of sp³-hybridized carbons (Fsp3) is 0.312. The maximum Gasteiger partial charge on any atom is 0.267 e. The van der Waals surface area contributed by atoms with E-state index in [1.54, 1.807) is 18.2 Å². The number of nitrogens with zero attached hydrogens (tertiary/aromatic N) is 2. The molecule has 0 spiro atoms. The number of para-hydroxylation sites is 1. The fourth-order valence-electron chi connectivity index (χ4n) is 2.57. The van der Waals surface area contributed by atoms with E-state index < -0.39 is 0 Å². The molecule has 5 nitrogen and oxygen atoms in total. The maximum absolute atomic E-state index is 12.0. The smallest absolute Gasteiger partial charge is 0.267 e. The standard InChI is InChI=1S/C16H17N3O2/c20-15(17-13-7-2-1-3-8-13)11-19-16(21)10-12-6-4-5-9-14(12)18-19/h1-3,7-8,10H,4-6,9,11H2,(H,17,20). The van der Waals surface area contributed by atoms with Gasteiger partial charge in [-0.15, -0.1) is 0 Å². The van der Waals surface area contributed by atoms with Crippen LogP contribution < -0.4 is 10.9 Å². The molecule has 0 saturated carbocycles. The van der Waals surface area contributed by atoms with Crippen LogP contribution in [0.2, 0.25) is 0 Å². The second kappa shape index (κ2) is 5.91. The highest BCUT2D eigenvalue weighted by Crippen LogP contribution is 2.16. The predicted octanol–water partition coefficient (Wildman–Crippen LogP) is 1.76. The van der Waals surface area contributed by atoms with Crippen LogP contribution in [-0.4, -0.2) is 15.7 Å². The minimum Gasteiger partial charge on any atom is -0.324 e. The molecule has 1 N–H and O–H groups in total. The van der Waals surface area contributed by atoms with Crippen LogP contribution in [0.1, 0.15) is 24.1 Å². The molecule has 0 fully saturated rings. The summed E-state index contributed by atoms with van der Waals surface area (Å²) in [5, 5.41) is 7.10. The van der Waals surface area contributed by atoms with E-state index in [2.05, 4.69) is 10.4 Å². The number of carbonyl (C=O) groups is 1. The van der Waals surface area contributed by atoms with Crippen molar-refractivity contribution >= 4 is 11.6 Å². The van der Waals surface area contributed by atoms with Crippen LogP contribution in [0.5, 0.6) is 0 Å². The Hall–Kier alpha value is -2.43. The minimum atomic E-state index is -0.244. The second-order valence-corrected chi connectivity index (χ2v) is 5.23. The van der Waals surface area contributed by atoms with Gasteiger partial charge < -0.3 is 5.32 Å². The normalized spacial score (nSPS) is 13.5. The van der Waals surface area contributed by atoms with E-state index in [0.717, 1.165) is 36.9 Å². The van der Waals surface area contributed by atoms with Gasteiger partial charge in [0.25, 0.3) is 5.56 Å². The van der Waals surface area contributed by atoms with E-state index in [1.807, 2.05) is 18.2 Å². The third-order valence-electron chi connectivity index (χ3n) is 3.62. The first kappa shape index (κ1) is 13.5. The molecule has 1 heterocycles. The number of benzene rings is 1. The van der Waals surface area contributed by atoms with E-state index in [4.69, 9.17) is 0 Å². The van der Waals surface area contributed by atoms with Crippen molar-refractivity contribution in [2.45, 2.75) is 32.2 Å². The topological polar surface area (TPSA) is 64.0 Å². The summed E-state index contributed by atoms with van der Waals surface area (Å²) in [4.78, 5) is 24.0. The Labute approximate surface area is 122 Å². The summed E-state index contributed by atoms with van der Waals surface area (Å²) in [6, 6.07) is 10.8. The zero-order valence-corrected chi connectivity index (χ0v) is 11.7. The molecule has 3 rings (SSSR count). The lowest BCUT2D eigenvalue weighted by molar-refractivity contribution is -0.117. The van der Waals surface area contributed by atoms with Crippen LogP contribution >= 0.6 is 0 Å². The number of anilines is 1. The van der Waals surface area contributed by atoms with Crippen molar-refractivity contribution in [2.24, 2.45) is 0 Å². The number of amides is 1. The highest BCUT2D eigenvalue weighted by Gasteiger charge is 2.14. The first-order valence-corrected chi connectivity index (χ1v) is 7.17. The average Bonchev–Trinajstić information content (AvgIpc) is 2.49. The molecule has 1 aliphatic carbocycles. The van der Waals surface area contributed by atoms with Crippen molar-refractivity contribution < 1.29 is 4.79 Å². The number of rotatable bonds is 3. The number of aromatic nitrogens is 2. The van der Waals surface area contributed by atoms with E-state index in [0.29, 0.717) is 5.69 Å². The van der Waals surface area contributed by atoms with Gasteiger partial charge in [-0.05, 0) is 43.4 Å². The highest BCUT2D eigenvalue weighted by atomic mass is 16.2. The summed E-state index contributed by atoms with van der Waals surface area (Å²) in [5.74, 6) is -0.244. The molecule has 108 valence electrons. The van der Waals surface area contributed by atoms with Crippen molar-refractivity contribution in [3.63, 3.8) is 0 Å². The van der Waals surface area contributed by atoms with E-state index in [-0.39, 0.29) is 18.0 Å². The number of fused-ring (bicyclic) bond motifs is 1. The molecule has 1 aliphatic rings. The predicted molar refractivity (Wildman–Crippen MR) is 80.2 cm³/mol. The van der Waals surface area contributed by atoms with E-state index >= 15 is 0 Å². The fourth-order valence-corrected chi connectivity index (χ4v) is 2.57. The van der Waals surface area contributed by atoms with Gasteiger partial charge in [0.1, 0.15) is 6.54 Å². The van der Waals surface area contributed by atoms with Crippen LogP contribution in [0.25, 0.3) is 0 Å². The van der Waals surface area contributed by atoms with Gasteiger partial charge in [-0.1, -0.05) is 18.2 Å². The summed E-state index contributed by atoms with van der Waals surface area (Å²) >= 11 is 0. The summed E-state index contributed by atoms with van der Waals surface area (Å²) in [6.45, 7) is -0.0546. The Morgan fingerprint density at radius 3 is 2.76 bits per heavy atom. The highest BCUT2D eigenvalue weighted by molar-refractivity contribution is 5.90. The second-order valence-electron chi connectivity index (χ2n) is 5.23. The monoisotopic (exact) mass is 283 g/mol. The average molecular weight is 283 g/mol. The van der Waals surface area contributed by atoms with Gasteiger partial charge in [-0.25, -0.2) is 4.68 Å². The molecule has 1 aromatic heterocycles. The molecule has 0 bridgehead atoms. The van der Waals surface area contributed by atoms with E-state index in [9.17, 15) is 9.59 Å². The van der Waals surface area contributed by atoms with Crippen LogP contribution in [0, 0.1) is 0 Å². The Kier molecular flexibility index (Phi) is 3.81. The van der Waals surface area contributed by atoms with Gasteiger partial charge in [-0.3, -0.25) is 9.59 Å². The van der Waals surface area contributed by atoms with Crippen LogP contribution in [-0.2, 0) is 24.2 Å². The van der Waals surface area contributed by atoms with Gasteiger partial charge in [0.2, 0.25) is 5.91 Å². The number of hydrogen-bond acceptors (Lipinski definition) is 3. The first-order valence-electron chi connectivity index (χ1n) is 7.17. The molecule has 0 unspecified atom stereocenters. The SMILES string of the molecule is O=C(Cn1nc2c(cc1=O)CCCC2)Nc1ccccc1. The molecule has 0 aliphatic heterocycles. The molecule has 5 heteroatoms. The van der Waals surface area contributed by atoms with Crippen molar-refractivity contribution in [3.8, 4) is 0 Å². The largest absolute Gasteiger partial charge is 0.324 e. The number of aryl methyl sites for hydroxylation is 2. The van der Waals surface area contributed by atoms with Crippen molar-refractivity contribution in [3.05, 3.63) is 58.0 Å². The zero-order valence-electron chi connectivity index (χ0n) is 11.7. The lowest BCUT2D eigenvalue weighted by Gasteiger charge is -2.15. The summed E-state index contributed by atoms with van der Waals surface area (Å²) in [5.41, 5.74) is 2.49. The Bertz CT molecular complexity index is 707. The molecular formula is C16H17N3O2. The molecule has 0 atom stereocenters. The van der Waals surface area contributed by atoms with Gasteiger partial charge in [0, 0.05) is 11.8 Å². The lowest BCUT2D eigenvalue weighted by Crippen LogP contribution is -2.31. The molecule has 2 aromatic rings. The Morgan fingerprint density at radius 1 is 1.19 bits per heavy atom. The van der Waals surface area contributed by atoms with Crippen LogP contribution in [0.4, 0.5) is 5.69 Å². The van der Waals surface area contributed by atoms with Crippen molar-refractivity contribution in [1.29, 1.82) is 0 Å². The molecule has 1 aromatic carbocycles. The van der Waals surface area contributed by atoms with Gasteiger partial charge in [-0.2, -0.15) is 5.10 Å². The third-order valence-corrected chi connectivity index (χ3v) is 3.62. The molecule has 1 amide bonds. The van der Waals surface area contributed by atoms with Gasteiger partial charge >= 0.3 is 0 Å². The van der Waals surface area contributed by atoms with E-state index in [1.165, 1.54) is 4.68 Å². The van der Waals surface area contributed by atoms with Crippen molar-refractivity contribution in [2.75, 3.05) is 5.32 Å². The number of hydrogen-bond donors (Lipinski definition) is 1. The molecule has 0 saturated heterocycles. The quantitative estimate of drug-likeness (QED) is 0.933. The van der Waals surface area contributed by atoms with Gasteiger partial charge in [0.15, 0.2) is 0 Å². The van der Waals surface area contributed by atoms with Crippen molar-refractivity contribution in [1.82, 2.24) is 9.78 Å². The first-order chi connectivity index (χ1) is 10.2. The maximum atomic E-state index is 12.0. The Balaban J connectivity index is 1.75. The number of carbonyl (C=O) groups excluding carboxylic acids is 1. The summed E-state index contributed by atoms with van der Waals surface area (Å²) in [6.07, 6.45) is 3.99. The van der Waals surface area contributed by atoms with Crippen LogP contribution in [0.3, 0.4) is 0 Å². The zero-order chi connectivity index (χ0) is 14.7. The Morgan fingerprint density at radius 2 is 1.95 bits per heavy atom. The van der Waals surface area contributed by atoms with Crippen LogP contribution in [0.15, 0.2) is 41.2 Å². The molecule has 21 heavy (non-hydrogen) atoms. The minimum absolute atomic E-state index is 0.0546. The summed E-state index contributed by atoms with van der Waals surface area (Å²) < 4.78 is 1.25.